The first-order chi connectivity index (χ1) is 6.88. The topological polar surface area (TPSA) is 49.2 Å². The Labute approximate surface area is 84.0 Å². The standard InChI is InChI=1S/C9H17N3O2/c1-13-6-3-4-9-11-10-8-12(9)5-7-14-2/h8H,3-7H2,1-2H3. The smallest absolute Gasteiger partial charge is 0.132 e. The van der Waals surface area contributed by atoms with Crippen LogP contribution in [-0.4, -0.2) is 42.2 Å². The van der Waals surface area contributed by atoms with Crippen LogP contribution in [0, 0.1) is 0 Å². The van der Waals surface area contributed by atoms with E-state index in [9.17, 15) is 0 Å². The number of hydrogen-bond donors (Lipinski definition) is 0. The molecule has 0 unspecified atom stereocenters. The molecule has 5 nitrogen and oxygen atoms in total. The Bertz CT molecular complexity index is 250. The molecule has 0 radical (unpaired) electrons. The van der Waals surface area contributed by atoms with E-state index in [2.05, 4.69) is 10.2 Å². The fraction of sp³-hybridized carbons (Fsp3) is 0.778. The van der Waals surface area contributed by atoms with Gasteiger partial charge in [0.05, 0.1) is 6.61 Å². The summed E-state index contributed by atoms with van der Waals surface area (Å²) >= 11 is 0. The van der Waals surface area contributed by atoms with Gasteiger partial charge in [-0.2, -0.15) is 0 Å². The average molecular weight is 199 g/mol. The molecular weight excluding hydrogens is 182 g/mol. The number of rotatable bonds is 7. The molecule has 0 N–H and O–H groups in total. The van der Waals surface area contributed by atoms with Crippen LogP contribution in [-0.2, 0) is 22.4 Å². The minimum Gasteiger partial charge on any atom is -0.385 e. The number of nitrogens with zero attached hydrogens (tertiary/aromatic N) is 3. The maximum atomic E-state index is 4.99. The van der Waals surface area contributed by atoms with Gasteiger partial charge in [-0.1, -0.05) is 0 Å². The molecule has 1 rings (SSSR count). The maximum Gasteiger partial charge on any atom is 0.132 e. The van der Waals surface area contributed by atoms with E-state index >= 15 is 0 Å². The second-order valence-electron chi connectivity index (χ2n) is 3.03. The van der Waals surface area contributed by atoms with Crippen LogP contribution < -0.4 is 0 Å². The van der Waals surface area contributed by atoms with Gasteiger partial charge in [-0.15, -0.1) is 10.2 Å². The van der Waals surface area contributed by atoms with Gasteiger partial charge >= 0.3 is 0 Å². The fourth-order valence-corrected chi connectivity index (χ4v) is 1.22. The van der Waals surface area contributed by atoms with Crippen LogP contribution in [0.2, 0.25) is 0 Å². The van der Waals surface area contributed by atoms with Gasteiger partial charge in [0.15, 0.2) is 0 Å². The SMILES string of the molecule is COCCCc1nncn1CCOC. The largest absolute Gasteiger partial charge is 0.385 e. The molecule has 0 atom stereocenters. The van der Waals surface area contributed by atoms with Gasteiger partial charge < -0.3 is 14.0 Å². The van der Waals surface area contributed by atoms with Crippen molar-refractivity contribution in [2.75, 3.05) is 27.4 Å². The summed E-state index contributed by atoms with van der Waals surface area (Å²) in [4.78, 5) is 0. The molecule has 1 aromatic rings. The second-order valence-corrected chi connectivity index (χ2v) is 3.03. The molecule has 14 heavy (non-hydrogen) atoms. The van der Waals surface area contributed by atoms with Crippen LogP contribution in [0.5, 0.6) is 0 Å². The molecule has 0 aliphatic heterocycles. The van der Waals surface area contributed by atoms with E-state index in [1.54, 1.807) is 20.5 Å². The van der Waals surface area contributed by atoms with Crippen molar-refractivity contribution >= 4 is 0 Å². The van der Waals surface area contributed by atoms with E-state index in [0.29, 0.717) is 6.61 Å². The molecule has 0 aliphatic rings. The lowest BCUT2D eigenvalue weighted by atomic mass is 10.3. The van der Waals surface area contributed by atoms with E-state index in [4.69, 9.17) is 9.47 Å². The Morgan fingerprint density at radius 3 is 2.79 bits per heavy atom. The zero-order valence-corrected chi connectivity index (χ0v) is 8.77. The van der Waals surface area contributed by atoms with Crippen molar-refractivity contribution in [1.29, 1.82) is 0 Å². The molecule has 0 saturated heterocycles. The summed E-state index contributed by atoms with van der Waals surface area (Å²) in [6.07, 6.45) is 3.61. The number of aromatic nitrogens is 3. The van der Waals surface area contributed by atoms with Crippen LogP contribution >= 0.6 is 0 Å². The summed E-state index contributed by atoms with van der Waals surface area (Å²) in [5.74, 6) is 0.999. The highest BCUT2D eigenvalue weighted by molar-refractivity contribution is 4.85. The van der Waals surface area contributed by atoms with Crippen molar-refractivity contribution in [3.05, 3.63) is 12.2 Å². The van der Waals surface area contributed by atoms with E-state index in [-0.39, 0.29) is 0 Å². The van der Waals surface area contributed by atoms with Crippen LogP contribution in [0.4, 0.5) is 0 Å². The Morgan fingerprint density at radius 2 is 2.07 bits per heavy atom. The molecule has 0 aliphatic carbocycles. The third-order valence-electron chi connectivity index (χ3n) is 1.98. The third kappa shape index (κ3) is 3.43. The predicted octanol–water partition coefficient (Wildman–Crippen LogP) is 0.503. The van der Waals surface area contributed by atoms with Gasteiger partial charge in [0.2, 0.25) is 0 Å². The van der Waals surface area contributed by atoms with E-state index in [0.717, 1.165) is 31.8 Å². The quantitative estimate of drug-likeness (QED) is 0.600. The van der Waals surface area contributed by atoms with Crippen LogP contribution in [0.25, 0.3) is 0 Å². The first-order valence-corrected chi connectivity index (χ1v) is 4.73. The molecule has 0 saturated carbocycles. The minimum absolute atomic E-state index is 0.690. The minimum atomic E-state index is 0.690. The molecule has 0 spiro atoms. The Hall–Kier alpha value is -0.940. The highest BCUT2D eigenvalue weighted by Crippen LogP contribution is 1.99. The highest BCUT2D eigenvalue weighted by atomic mass is 16.5. The summed E-state index contributed by atoms with van der Waals surface area (Å²) in [5, 5.41) is 7.91. The molecular formula is C9H17N3O2. The average Bonchev–Trinajstić information content (AvgIpc) is 2.63. The van der Waals surface area contributed by atoms with E-state index < -0.39 is 0 Å². The molecule has 0 amide bonds. The first-order valence-electron chi connectivity index (χ1n) is 4.73. The van der Waals surface area contributed by atoms with Crippen molar-refractivity contribution < 1.29 is 9.47 Å². The summed E-state index contributed by atoms with van der Waals surface area (Å²) in [5.41, 5.74) is 0. The lowest BCUT2D eigenvalue weighted by Gasteiger charge is -2.04. The van der Waals surface area contributed by atoms with E-state index in [1.165, 1.54) is 0 Å². The van der Waals surface area contributed by atoms with Crippen LogP contribution in [0.3, 0.4) is 0 Å². The highest BCUT2D eigenvalue weighted by Gasteiger charge is 2.02. The molecule has 0 fully saturated rings. The first kappa shape index (κ1) is 11.1. The molecule has 0 bridgehead atoms. The van der Waals surface area contributed by atoms with Gasteiger partial charge in [-0.3, -0.25) is 0 Å². The summed E-state index contributed by atoms with van der Waals surface area (Å²) in [6, 6.07) is 0. The van der Waals surface area contributed by atoms with Gasteiger partial charge in [-0.25, -0.2) is 0 Å². The summed E-state index contributed by atoms with van der Waals surface area (Å²) in [7, 11) is 3.39. The van der Waals surface area contributed by atoms with Crippen molar-refractivity contribution in [2.45, 2.75) is 19.4 Å². The van der Waals surface area contributed by atoms with Crippen molar-refractivity contribution in [3.8, 4) is 0 Å². The molecule has 1 heterocycles. The van der Waals surface area contributed by atoms with Crippen LogP contribution in [0.1, 0.15) is 12.2 Å². The lowest BCUT2D eigenvalue weighted by molar-refractivity contribution is 0.184. The maximum absolute atomic E-state index is 4.99. The van der Waals surface area contributed by atoms with Gasteiger partial charge in [0, 0.05) is 33.8 Å². The Morgan fingerprint density at radius 1 is 1.29 bits per heavy atom. The molecule has 80 valence electrons. The number of hydrogen-bond acceptors (Lipinski definition) is 4. The van der Waals surface area contributed by atoms with E-state index in [1.807, 2.05) is 4.57 Å². The Balaban J connectivity index is 2.37. The van der Waals surface area contributed by atoms with Gasteiger partial charge in [0.1, 0.15) is 12.2 Å². The summed E-state index contributed by atoms with van der Waals surface area (Å²) in [6.45, 7) is 2.26. The zero-order valence-electron chi connectivity index (χ0n) is 8.77. The third-order valence-corrected chi connectivity index (χ3v) is 1.98. The normalized spacial score (nSPS) is 10.7. The monoisotopic (exact) mass is 199 g/mol. The van der Waals surface area contributed by atoms with Crippen molar-refractivity contribution in [2.24, 2.45) is 0 Å². The number of methoxy groups -OCH3 is 2. The number of aryl methyl sites for hydroxylation is 1. The van der Waals surface area contributed by atoms with Crippen molar-refractivity contribution in [3.63, 3.8) is 0 Å². The zero-order chi connectivity index (χ0) is 10.2. The van der Waals surface area contributed by atoms with Gasteiger partial charge in [0.25, 0.3) is 0 Å². The predicted molar refractivity (Wildman–Crippen MR) is 52.1 cm³/mol. The van der Waals surface area contributed by atoms with Crippen LogP contribution in [0.15, 0.2) is 6.33 Å². The van der Waals surface area contributed by atoms with Gasteiger partial charge in [-0.05, 0) is 6.42 Å². The molecule has 0 aromatic carbocycles. The Kier molecular flexibility index (Phi) is 5.17. The van der Waals surface area contributed by atoms with Crippen molar-refractivity contribution in [1.82, 2.24) is 14.8 Å². The summed E-state index contributed by atoms with van der Waals surface area (Å²) < 4.78 is 12.0. The number of ether oxygens (including phenoxy) is 2. The fourth-order valence-electron chi connectivity index (χ4n) is 1.22. The molecule has 5 heteroatoms. The lowest BCUT2D eigenvalue weighted by Crippen LogP contribution is -2.08. The second kappa shape index (κ2) is 6.50. The molecule has 1 aromatic heterocycles.